The van der Waals surface area contributed by atoms with Crippen LogP contribution in [0.1, 0.15) is 100 Å². The lowest BCUT2D eigenvalue weighted by molar-refractivity contribution is -0.139. The summed E-state index contributed by atoms with van der Waals surface area (Å²) in [5.74, 6) is -1.44. The number of carboxylic acids is 1. The first-order valence-corrected chi connectivity index (χ1v) is 11.5. The van der Waals surface area contributed by atoms with Gasteiger partial charge < -0.3 is 15.3 Å². The van der Waals surface area contributed by atoms with Gasteiger partial charge in [0.1, 0.15) is 0 Å². The number of unbranched alkanes of at least 4 members (excludes halogenated alkanes) is 7. The van der Waals surface area contributed by atoms with E-state index in [2.05, 4.69) is 31.2 Å². The molecule has 0 aromatic heterocycles. The summed E-state index contributed by atoms with van der Waals surface area (Å²) in [5, 5.41) is 28.4. The maximum atomic E-state index is 11.7. The molecular formula is C26H40O4. The van der Waals surface area contributed by atoms with Gasteiger partial charge in [-0.2, -0.15) is 0 Å². The molecule has 4 nitrogen and oxygen atoms in total. The Hall–Kier alpha value is -1.91. The zero-order chi connectivity index (χ0) is 22.0. The van der Waals surface area contributed by atoms with Crippen LogP contribution in [0.15, 0.2) is 42.5 Å². The second kappa shape index (κ2) is 16.8. The molecule has 4 heteroatoms. The van der Waals surface area contributed by atoms with Crippen molar-refractivity contribution < 1.29 is 20.1 Å². The van der Waals surface area contributed by atoms with Crippen LogP contribution in [0.25, 0.3) is 0 Å². The van der Waals surface area contributed by atoms with Crippen molar-refractivity contribution in [3.05, 3.63) is 59.2 Å². The van der Waals surface area contributed by atoms with Crippen LogP contribution in [-0.4, -0.2) is 21.3 Å². The van der Waals surface area contributed by atoms with E-state index in [1.807, 2.05) is 0 Å². The summed E-state index contributed by atoms with van der Waals surface area (Å²) >= 11 is 0. The number of aliphatic carboxylic acids is 1. The Bertz CT molecular complexity index is 626. The summed E-state index contributed by atoms with van der Waals surface area (Å²) in [6.45, 7) is 1.91. The summed E-state index contributed by atoms with van der Waals surface area (Å²) in [4.78, 5) is 11.7. The van der Waals surface area contributed by atoms with E-state index in [9.17, 15) is 20.1 Å². The third-order valence-corrected chi connectivity index (χ3v) is 5.33. The number of hydrogen-bond acceptors (Lipinski definition) is 3. The number of aliphatic hydroxyl groups excluding tert-OH is 2. The van der Waals surface area contributed by atoms with Gasteiger partial charge in [0.25, 0.3) is 0 Å². The zero-order valence-electron chi connectivity index (χ0n) is 18.6. The fourth-order valence-electron chi connectivity index (χ4n) is 3.59. The molecule has 0 saturated carbocycles. The highest BCUT2D eigenvalue weighted by atomic mass is 16.4. The van der Waals surface area contributed by atoms with Crippen LogP contribution < -0.4 is 0 Å². The zero-order valence-corrected chi connectivity index (χ0v) is 18.6. The Morgan fingerprint density at radius 3 is 1.93 bits per heavy atom. The van der Waals surface area contributed by atoms with Gasteiger partial charge in [-0.1, -0.05) is 81.5 Å². The average Bonchev–Trinajstić information content (AvgIpc) is 2.75. The molecule has 1 atom stereocenters. The van der Waals surface area contributed by atoms with E-state index in [0.717, 1.165) is 38.5 Å². The highest BCUT2D eigenvalue weighted by molar-refractivity contribution is 5.76. The average molecular weight is 417 g/mol. The van der Waals surface area contributed by atoms with Crippen molar-refractivity contribution in [3.8, 4) is 0 Å². The van der Waals surface area contributed by atoms with Gasteiger partial charge in [-0.25, -0.2) is 0 Å². The molecule has 0 heterocycles. The third kappa shape index (κ3) is 11.3. The number of carbonyl (C=O) groups is 1. The van der Waals surface area contributed by atoms with Crippen molar-refractivity contribution in [2.75, 3.05) is 0 Å². The first-order chi connectivity index (χ1) is 14.6. The number of hydrogen-bond donors (Lipinski definition) is 3. The van der Waals surface area contributed by atoms with Crippen molar-refractivity contribution in [2.45, 2.75) is 96.7 Å². The van der Waals surface area contributed by atoms with E-state index in [-0.39, 0.29) is 13.2 Å². The number of benzene rings is 1. The number of carboxylic acid groups (broad SMARTS) is 1. The van der Waals surface area contributed by atoms with Crippen LogP contribution in [-0.2, 0) is 18.0 Å². The lowest BCUT2D eigenvalue weighted by Crippen LogP contribution is -2.12. The summed E-state index contributed by atoms with van der Waals surface area (Å²) in [6.07, 6.45) is 20.8. The highest BCUT2D eigenvalue weighted by Crippen LogP contribution is 2.26. The second-order valence-electron chi connectivity index (χ2n) is 7.96. The summed E-state index contributed by atoms with van der Waals surface area (Å²) in [5.41, 5.74) is 1.96. The summed E-state index contributed by atoms with van der Waals surface area (Å²) in [7, 11) is 0. The van der Waals surface area contributed by atoms with Gasteiger partial charge >= 0.3 is 5.97 Å². The molecule has 0 fully saturated rings. The molecule has 0 bridgehead atoms. The minimum absolute atomic E-state index is 0.157. The molecule has 0 aliphatic heterocycles. The minimum atomic E-state index is -0.848. The predicted octanol–water partition coefficient (Wildman–Crippen LogP) is 6.26. The van der Waals surface area contributed by atoms with E-state index in [4.69, 9.17) is 0 Å². The van der Waals surface area contributed by atoms with Crippen LogP contribution in [0.2, 0.25) is 0 Å². The van der Waals surface area contributed by atoms with Crippen LogP contribution in [0.5, 0.6) is 0 Å². The van der Waals surface area contributed by atoms with E-state index in [1.54, 1.807) is 18.2 Å². The maximum absolute atomic E-state index is 11.7. The van der Waals surface area contributed by atoms with Crippen molar-refractivity contribution in [3.63, 3.8) is 0 Å². The van der Waals surface area contributed by atoms with Gasteiger partial charge in [0, 0.05) is 0 Å². The Morgan fingerprint density at radius 2 is 1.40 bits per heavy atom. The molecule has 1 aromatic carbocycles. The van der Waals surface area contributed by atoms with E-state index in [1.165, 1.54) is 25.7 Å². The van der Waals surface area contributed by atoms with Gasteiger partial charge in [-0.05, 0) is 55.2 Å². The quantitative estimate of drug-likeness (QED) is 0.207. The van der Waals surface area contributed by atoms with Crippen molar-refractivity contribution >= 4 is 5.97 Å². The van der Waals surface area contributed by atoms with Crippen LogP contribution in [0.4, 0.5) is 0 Å². The maximum Gasteiger partial charge on any atom is 0.310 e. The molecule has 0 saturated heterocycles. The first kappa shape index (κ1) is 26.1. The highest BCUT2D eigenvalue weighted by Gasteiger charge is 2.20. The fraction of sp³-hybridized carbons (Fsp3) is 0.577. The molecular weight excluding hydrogens is 376 g/mol. The molecule has 0 amide bonds. The first-order valence-electron chi connectivity index (χ1n) is 11.5. The number of allylic oxidation sites excluding steroid dienone is 4. The van der Waals surface area contributed by atoms with Crippen molar-refractivity contribution in [1.29, 1.82) is 0 Å². The molecule has 30 heavy (non-hydrogen) atoms. The third-order valence-electron chi connectivity index (χ3n) is 5.33. The molecule has 0 spiro atoms. The fourth-order valence-corrected chi connectivity index (χ4v) is 3.59. The molecule has 0 aliphatic carbocycles. The molecule has 168 valence electrons. The molecule has 0 radical (unpaired) electrons. The molecule has 1 unspecified atom stereocenters. The van der Waals surface area contributed by atoms with Crippen LogP contribution in [0, 0.1) is 0 Å². The Morgan fingerprint density at radius 1 is 0.833 bits per heavy atom. The molecule has 1 rings (SSSR count). The van der Waals surface area contributed by atoms with Gasteiger partial charge in [-0.3, -0.25) is 4.79 Å². The monoisotopic (exact) mass is 416 g/mol. The SMILES string of the molecule is CCCCC/C=C\C/C=C\CCCCCCC(C(=O)O)c1cc(CO)cc(CO)c1. The predicted molar refractivity (Wildman–Crippen MR) is 123 cm³/mol. The topological polar surface area (TPSA) is 77.8 Å². The molecule has 1 aromatic rings. The number of aliphatic hydroxyl groups is 2. The van der Waals surface area contributed by atoms with Gasteiger partial charge in [-0.15, -0.1) is 0 Å². The summed E-state index contributed by atoms with van der Waals surface area (Å²) < 4.78 is 0. The van der Waals surface area contributed by atoms with E-state index < -0.39 is 11.9 Å². The standard InChI is InChI=1S/C26H40O4/c1-2-3-4-5-6-7-8-9-10-11-12-13-14-15-16-25(26(29)30)24-18-22(20-27)17-23(19-24)21-28/h6-7,9-10,17-19,25,27-28H,2-5,8,11-16,20-21H2,1H3,(H,29,30)/b7-6-,10-9-. The van der Waals surface area contributed by atoms with E-state index >= 15 is 0 Å². The smallest absolute Gasteiger partial charge is 0.310 e. The van der Waals surface area contributed by atoms with E-state index in [0.29, 0.717) is 23.1 Å². The molecule has 0 aliphatic rings. The van der Waals surface area contributed by atoms with Gasteiger partial charge in [0.05, 0.1) is 19.1 Å². The number of rotatable bonds is 17. The van der Waals surface area contributed by atoms with Gasteiger partial charge in [0.15, 0.2) is 0 Å². The Balaban J connectivity index is 2.27. The largest absolute Gasteiger partial charge is 0.481 e. The van der Waals surface area contributed by atoms with Crippen molar-refractivity contribution in [2.24, 2.45) is 0 Å². The van der Waals surface area contributed by atoms with Crippen molar-refractivity contribution in [1.82, 2.24) is 0 Å². The second-order valence-corrected chi connectivity index (χ2v) is 7.96. The Labute approximate surface area is 182 Å². The minimum Gasteiger partial charge on any atom is -0.481 e. The van der Waals surface area contributed by atoms with Gasteiger partial charge in [0.2, 0.25) is 0 Å². The lowest BCUT2D eigenvalue weighted by atomic mass is 9.90. The molecule has 3 N–H and O–H groups in total. The lowest BCUT2D eigenvalue weighted by Gasteiger charge is -2.15. The Kier molecular flexibility index (Phi) is 14.7. The van der Waals surface area contributed by atoms with Crippen LogP contribution in [0.3, 0.4) is 0 Å². The summed E-state index contributed by atoms with van der Waals surface area (Å²) in [6, 6.07) is 5.18. The normalized spacial score (nSPS) is 12.8. The van der Waals surface area contributed by atoms with Crippen LogP contribution >= 0.6 is 0 Å².